The van der Waals surface area contributed by atoms with E-state index in [-0.39, 0.29) is 6.04 Å². The predicted molar refractivity (Wildman–Crippen MR) is 82.0 cm³/mol. The van der Waals surface area contributed by atoms with Gasteiger partial charge in [0.15, 0.2) is 0 Å². The minimum Gasteiger partial charge on any atom is -0.375 e. The van der Waals surface area contributed by atoms with Gasteiger partial charge in [-0.25, -0.2) is 0 Å². The molecule has 2 nitrogen and oxygen atoms in total. The van der Waals surface area contributed by atoms with Crippen LogP contribution in [0, 0.1) is 5.92 Å². The van der Waals surface area contributed by atoms with Gasteiger partial charge in [0.2, 0.25) is 0 Å². The third-order valence-electron chi connectivity index (χ3n) is 4.35. The Bertz CT molecular complexity index is 666. The first-order chi connectivity index (χ1) is 9.84. The van der Waals surface area contributed by atoms with E-state index in [4.69, 9.17) is 11.6 Å². The van der Waals surface area contributed by atoms with Gasteiger partial charge in [-0.3, -0.25) is 4.98 Å². The lowest BCUT2D eigenvalue weighted by Crippen LogP contribution is -2.29. The van der Waals surface area contributed by atoms with Crippen molar-refractivity contribution in [2.24, 2.45) is 5.92 Å². The van der Waals surface area contributed by atoms with Crippen LogP contribution in [0.15, 0.2) is 54.7 Å². The maximum Gasteiger partial charge on any atom is 0.0725 e. The molecule has 2 aromatic rings. The summed E-state index contributed by atoms with van der Waals surface area (Å²) in [6.07, 6.45) is 7.54. The highest BCUT2D eigenvalue weighted by Crippen LogP contribution is 2.50. The summed E-state index contributed by atoms with van der Waals surface area (Å²) >= 11 is 6.38. The van der Waals surface area contributed by atoms with E-state index in [9.17, 15) is 0 Å². The van der Waals surface area contributed by atoms with Gasteiger partial charge in [0, 0.05) is 12.1 Å². The number of para-hydroxylation sites is 1. The zero-order valence-electron chi connectivity index (χ0n) is 11.0. The van der Waals surface area contributed by atoms with Crippen molar-refractivity contribution in [1.82, 2.24) is 4.98 Å². The van der Waals surface area contributed by atoms with Gasteiger partial charge in [-0.15, -0.1) is 0 Å². The van der Waals surface area contributed by atoms with E-state index in [1.165, 1.54) is 5.56 Å². The number of aromatic nitrogens is 1. The number of fused-ring (bicyclic) bond motifs is 3. The third kappa shape index (κ3) is 1.75. The largest absolute Gasteiger partial charge is 0.375 e. The first kappa shape index (κ1) is 12.0. The maximum absolute atomic E-state index is 6.38. The topological polar surface area (TPSA) is 24.9 Å². The fourth-order valence-corrected chi connectivity index (χ4v) is 3.67. The molecule has 3 atom stereocenters. The molecule has 1 aliphatic carbocycles. The molecule has 0 spiro atoms. The number of benzene rings is 1. The van der Waals surface area contributed by atoms with Crippen LogP contribution in [0.4, 0.5) is 5.69 Å². The molecule has 0 unspecified atom stereocenters. The Hall–Kier alpha value is -1.80. The Morgan fingerprint density at radius 2 is 2.10 bits per heavy atom. The van der Waals surface area contributed by atoms with Crippen LogP contribution in [-0.2, 0) is 0 Å². The van der Waals surface area contributed by atoms with Crippen molar-refractivity contribution in [3.8, 4) is 0 Å². The Morgan fingerprint density at radius 3 is 2.95 bits per heavy atom. The minimum atomic E-state index is 0.226. The standard InChI is InChI=1S/C17H15ClN2/c18-14-8-4-7-12-11-5-3-6-13(11)17(20-16(12)14)15-9-1-2-10-19-15/h1-5,7-11,13,17,20H,6H2/t11-,13-,17+/m0/s1. The van der Waals surface area contributed by atoms with E-state index in [0.29, 0.717) is 11.8 Å². The van der Waals surface area contributed by atoms with Gasteiger partial charge >= 0.3 is 0 Å². The molecule has 0 bridgehead atoms. The van der Waals surface area contributed by atoms with Crippen LogP contribution in [-0.4, -0.2) is 4.98 Å². The van der Waals surface area contributed by atoms with Crippen LogP contribution in [0.25, 0.3) is 0 Å². The zero-order chi connectivity index (χ0) is 13.5. The van der Waals surface area contributed by atoms with Crippen LogP contribution in [0.2, 0.25) is 5.02 Å². The highest BCUT2D eigenvalue weighted by Gasteiger charge is 2.38. The highest BCUT2D eigenvalue weighted by atomic mass is 35.5. The van der Waals surface area contributed by atoms with Crippen LogP contribution in [0.5, 0.6) is 0 Å². The number of nitrogens with one attached hydrogen (secondary N) is 1. The quantitative estimate of drug-likeness (QED) is 0.776. The molecule has 1 aromatic carbocycles. The number of hydrogen-bond acceptors (Lipinski definition) is 2. The first-order valence-corrected chi connectivity index (χ1v) is 7.35. The molecular formula is C17H15ClN2. The second-order valence-electron chi connectivity index (χ2n) is 5.43. The van der Waals surface area contributed by atoms with Gasteiger partial charge in [-0.05, 0) is 36.1 Å². The van der Waals surface area contributed by atoms with Crippen molar-refractivity contribution in [2.75, 3.05) is 5.32 Å². The Labute approximate surface area is 123 Å². The van der Waals surface area contributed by atoms with Crippen LogP contribution in [0.3, 0.4) is 0 Å². The Balaban J connectivity index is 1.83. The molecule has 1 aromatic heterocycles. The summed E-state index contributed by atoms with van der Waals surface area (Å²) < 4.78 is 0. The van der Waals surface area contributed by atoms with Crippen LogP contribution >= 0.6 is 11.6 Å². The predicted octanol–water partition coefficient (Wildman–Crippen LogP) is 4.56. The molecule has 2 aliphatic rings. The molecule has 1 N–H and O–H groups in total. The second-order valence-corrected chi connectivity index (χ2v) is 5.84. The lowest BCUT2D eigenvalue weighted by Gasteiger charge is -2.37. The van der Waals surface area contributed by atoms with Crippen molar-refractivity contribution >= 4 is 17.3 Å². The molecular weight excluding hydrogens is 268 g/mol. The number of allylic oxidation sites excluding steroid dienone is 2. The zero-order valence-corrected chi connectivity index (χ0v) is 11.7. The van der Waals surface area contributed by atoms with Crippen molar-refractivity contribution < 1.29 is 0 Å². The Kier molecular flexibility index (Phi) is 2.78. The van der Waals surface area contributed by atoms with Gasteiger partial charge in [-0.2, -0.15) is 0 Å². The van der Waals surface area contributed by atoms with Gasteiger partial charge in [0.05, 0.1) is 22.4 Å². The van der Waals surface area contributed by atoms with Crippen molar-refractivity contribution in [2.45, 2.75) is 18.4 Å². The summed E-state index contributed by atoms with van der Waals surface area (Å²) in [5.41, 5.74) is 3.47. The monoisotopic (exact) mass is 282 g/mol. The Morgan fingerprint density at radius 1 is 1.15 bits per heavy atom. The summed E-state index contributed by atoms with van der Waals surface area (Å²) in [6.45, 7) is 0. The molecule has 3 heteroatoms. The minimum absolute atomic E-state index is 0.226. The summed E-state index contributed by atoms with van der Waals surface area (Å²) in [5.74, 6) is 0.966. The van der Waals surface area contributed by atoms with E-state index in [1.54, 1.807) is 0 Å². The van der Waals surface area contributed by atoms with Crippen molar-refractivity contribution in [3.63, 3.8) is 0 Å². The van der Waals surface area contributed by atoms with E-state index in [2.05, 4.69) is 34.6 Å². The van der Waals surface area contributed by atoms with Crippen molar-refractivity contribution in [1.29, 1.82) is 0 Å². The fourth-order valence-electron chi connectivity index (χ4n) is 3.44. The lowest BCUT2D eigenvalue weighted by molar-refractivity contribution is 0.419. The number of anilines is 1. The molecule has 20 heavy (non-hydrogen) atoms. The number of nitrogens with zero attached hydrogens (tertiary/aromatic N) is 1. The second kappa shape index (κ2) is 4.64. The smallest absolute Gasteiger partial charge is 0.0725 e. The molecule has 0 saturated carbocycles. The summed E-state index contributed by atoms with van der Waals surface area (Å²) in [4.78, 5) is 4.53. The number of rotatable bonds is 1. The van der Waals surface area contributed by atoms with Crippen LogP contribution in [0.1, 0.15) is 29.6 Å². The molecule has 0 fully saturated rings. The molecule has 0 radical (unpaired) electrons. The third-order valence-corrected chi connectivity index (χ3v) is 4.67. The van der Waals surface area contributed by atoms with Gasteiger partial charge < -0.3 is 5.32 Å². The number of pyridine rings is 1. The van der Waals surface area contributed by atoms with Gasteiger partial charge in [0.25, 0.3) is 0 Å². The lowest BCUT2D eigenvalue weighted by atomic mass is 9.78. The number of hydrogen-bond donors (Lipinski definition) is 1. The van der Waals surface area contributed by atoms with E-state index in [0.717, 1.165) is 22.8 Å². The SMILES string of the molecule is Clc1cccc2c1N[C@@H](c1ccccn1)[C@H]1CC=C[C@@H]21. The average molecular weight is 283 g/mol. The molecule has 2 heterocycles. The maximum atomic E-state index is 6.38. The molecule has 0 saturated heterocycles. The summed E-state index contributed by atoms with van der Waals surface area (Å²) in [7, 11) is 0. The van der Waals surface area contributed by atoms with Crippen LogP contribution < -0.4 is 5.32 Å². The van der Waals surface area contributed by atoms with Gasteiger partial charge in [-0.1, -0.05) is 42.0 Å². The summed E-state index contributed by atoms with van der Waals surface area (Å²) in [6, 6.07) is 12.5. The fraction of sp³-hybridized carbons (Fsp3) is 0.235. The molecule has 0 amide bonds. The normalized spacial score (nSPS) is 26.8. The summed E-state index contributed by atoms with van der Waals surface area (Å²) in [5, 5.41) is 4.41. The molecule has 100 valence electrons. The highest BCUT2D eigenvalue weighted by molar-refractivity contribution is 6.33. The molecule has 4 rings (SSSR count). The first-order valence-electron chi connectivity index (χ1n) is 6.97. The van der Waals surface area contributed by atoms with E-state index in [1.807, 2.05) is 30.5 Å². The number of halogens is 1. The average Bonchev–Trinajstić information content (AvgIpc) is 2.97. The van der Waals surface area contributed by atoms with E-state index < -0.39 is 0 Å². The van der Waals surface area contributed by atoms with E-state index >= 15 is 0 Å². The molecule has 1 aliphatic heterocycles. The van der Waals surface area contributed by atoms with Crippen molar-refractivity contribution in [3.05, 3.63) is 71.0 Å². The van der Waals surface area contributed by atoms with Gasteiger partial charge in [0.1, 0.15) is 0 Å².